The number of carbonyl (C=O) groups is 1. The molecular weight excluding hydrogens is 392 g/mol. The van der Waals surface area contributed by atoms with Gasteiger partial charge in [0.15, 0.2) is 0 Å². The van der Waals surface area contributed by atoms with Gasteiger partial charge in [-0.3, -0.25) is 4.79 Å². The molecule has 4 rings (SSSR count). The number of sulfonamides is 1. The molecule has 1 aliphatic rings. The van der Waals surface area contributed by atoms with E-state index < -0.39 is 22.0 Å². The Morgan fingerprint density at radius 1 is 1.27 bits per heavy atom. The summed E-state index contributed by atoms with van der Waals surface area (Å²) in [4.78, 5) is 12.7. The number of rotatable bonds is 4. The standard InChI is InChI=1S/C17H16N2O4S3/c18-17(20)16-15(12-3-1-2-4-14(12)25-16)13-9-19(6-7-23-13)26(21,22)11-5-8-24-10-11/h1-5,8,10,13H,6-7,9H2,(H2,18,20)/t13-/m0/s1. The van der Waals surface area contributed by atoms with Crippen LogP contribution in [0.5, 0.6) is 0 Å². The number of nitrogens with zero attached hydrogens (tertiary/aromatic N) is 1. The molecule has 3 heterocycles. The molecule has 1 fully saturated rings. The summed E-state index contributed by atoms with van der Waals surface area (Å²) >= 11 is 2.65. The second-order valence-corrected chi connectivity index (χ2v) is 9.66. The Morgan fingerprint density at radius 3 is 2.81 bits per heavy atom. The van der Waals surface area contributed by atoms with Crippen LogP contribution in [0.25, 0.3) is 10.1 Å². The van der Waals surface area contributed by atoms with E-state index in [9.17, 15) is 13.2 Å². The number of morpholine rings is 1. The highest BCUT2D eigenvalue weighted by molar-refractivity contribution is 7.89. The number of nitrogens with two attached hydrogens (primary N) is 1. The lowest BCUT2D eigenvalue weighted by atomic mass is 10.0. The maximum atomic E-state index is 12.8. The van der Waals surface area contributed by atoms with Crippen LogP contribution in [-0.4, -0.2) is 38.3 Å². The van der Waals surface area contributed by atoms with E-state index in [4.69, 9.17) is 10.5 Å². The third-order valence-electron chi connectivity index (χ3n) is 4.34. The van der Waals surface area contributed by atoms with Crippen LogP contribution in [0.3, 0.4) is 0 Å². The third kappa shape index (κ3) is 2.95. The van der Waals surface area contributed by atoms with Gasteiger partial charge in [-0.05, 0) is 22.9 Å². The summed E-state index contributed by atoms with van der Waals surface area (Å²) in [7, 11) is -3.58. The molecule has 0 radical (unpaired) electrons. The van der Waals surface area contributed by atoms with Crippen molar-refractivity contribution in [3.63, 3.8) is 0 Å². The molecule has 9 heteroatoms. The summed E-state index contributed by atoms with van der Waals surface area (Å²) in [5.74, 6) is -0.525. The van der Waals surface area contributed by atoms with E-state index >= 15 is 0 Å². The monoisotopic (exact) mass is 408 g/mol. The number of ether oxygens (including phenoxy) is 1. The highest BCUT2D eigenvalue weighted by Crippen LogP contribution is 2.38. The molecule has 6 nitrogen and oxygen atoms in total. The smallest absolute Gasteiger partial charge is 0.259 e. The minimum atomic E-state index is -3.58. The molecule has 1 aromatic carbocycles. The summed E-state index contributed by atoms with van der Waals surface area (Å²) in [6.07, 6.45) is -0.532. The van der Waals surface area contributed by atoms with Crippen molar-refractivity contribution in [2.45, 2.75) is 11.0 Å². The molecule has 2 aromatic heterocycles. The van der Waals surface area contributed by atoms with E-state index in [1.807, 2.05) is 24.3 Å². The SMILES string of the molecule is NC(=O)c1sc2ccccc2c1[C@@H]1CN(S(=O)(=O)c2ccsc2)CCO1. The van der Waals surface area contributed by atoms with E-state index in [-0.39, 0.29) is 24.6 Å². The van der Waals surface area contributed by atoms with E-state index in [1.54, 1.807) is 16.8 Å². The number of benzene rings is 1. The number of carbonyl (C=O) groups excluding carboxylic acids is 1. The fourth-order valence-electron chi connectivity index (χ4n) is 3.13. The van der Waals surface area contributed by atoms with Gasteiger partial charge in [-0.25, -0.2) is 8.42 Å². The zero-order valence-electron chi connectivity index (χ0n) is 13.6. The zero-order chi connectivity index (χ0) is 18.3. The summed E-state index contributed by atoms with van der Waals surface area (Å²) < 4.78 is 33.9. The summed E-state index contributed by atoms with van der Waals surface area (Å²) in [5.41, 5.74) is 6.25. The molecule has 0 saturated carbocycles. The van der Waals surface area contributed by atoms with Crippen LogP contribution in [0.2, 0.25) is 0 Å². The predicted octanol–water partition coefficient (Wildman–Crippen LogP) is 2.82. The number of amides is 1. The van der Waals surface area contributed by atoms with Crippen LogP contribution < -0.4 is 5.73 Å². The molecule has 3 aromatic rings. The van der Waals surface area contributed by atoms with Crippen LogP contribution in [0.15, 0.2) is 46.0 Å². The predicted molar refractivity (Wildman–Crippen MR) is 102 cm³/mol. The number of hydrogen-bond acceptors (Lipinski definition) is 6. The summed E-state index contributed by atoms with van der Waals surface area (Å²) in [6.45, 7) is 0.693. The first kappa shape index (κ1) is 17.6. The minimum absolute atomic E-state index is 0.152. The zero-order valence-corrected chi connectivity index (χ0v) is 16.1. The average Bonchev–Trinajstić information content (AvgIpc) is 3.30. The summed E-state index contributed by atoms with van der Waals surface area (Å²) in [5, 5.41) is 4.24. The number of thiophene rings is 2. The van der Waals surface area contributed by atoms with Crippen molar-refractivity contribution in [2.24, 2.45) is 5.73 Å². The van der Waals surface area contributed by atoms with Gasteiger partial charge in [0.25, 0.3) is 5.91 Å². The molecule has 26 heavy (non-hydrogen) atoms. The molecule has 1 amide bonds. The van der Waals surface area contributed by atoms with Gasteiger partial charge in [-0.1, -0.05) is 18.2 Å². The Hall–Kier alpha value is -1.78. The Kier molecular flexibility index (Phi) is 4.57. The van der Waals surface area contributed by atoms with Gasteiger partial charge >= 0.3 is 0 Å². The molecular formula is C17H16N2O4S3. The Balaban J connectivity index is 1.74. The molecule has 0 bridgehead atoms. The Bertz CT molecular complexity index is 1060. The minimum Gasteiger partial charge on any atom is -0.371 e. The van der Waals surface area contributed by atoms with E-state index in [2.05, 4.69) is 0 Å². The van der Waals surface area contributed by atoms with E-state index in [1.165, 1.54) is 27.0 Å². The number of primary amides is 1. The molecule has 2 N–H and O–H groups in total. The lowest BCUT2D eigenvalue weighted by Crippen LogP contribution is -2.42. The van der Waals surface area contributed by atoms with Crippen molar-refractivity contribution in [1.29, 1.82) is 0 Å². The van der Waals surface area contributed by atoms with Gasteiger partial charge in [-0.2, -0.15) is 15.6 Å². The van der Waals surface area contributed by atoms with Crippen molar-refractivity contribution >= 4 is 48.7 Å². The lowest BCUT2D eigenvalue weighted by molar-refractivity contribution is -0.00188. The second-order valence-electron chi connectivity index (χ2n) is 5.89. The highest BCUT2D eigenvalue weighted by atomic mass is 32.2. The van der Waals surface area contributed by atoms with E-state index in [0.29, 0.717) is 10.4 Å². The lowest BCUT2D eigenvalue weighted by Gasteiger charge is -2.32. The fourth-order valence-corrected chi connectivity index (χ4v) is 6.68. The molecule has 1 aliphatic heterocycles. The quantitative estimate of drug-likeness (QED) is 0.719. The molecule has 0 spiro atoms. The molecule has 0 aliphatic carbocycles. The van der Waals surface area contributed by atoms with Crippen molar-refractivity contribution in [1.82, 2.24) is 4.31 Å². The molecule has 136 valence electrons. The van der Waals surface area contributed by atoms with Crippen LogP contribution in [0.1, 0.15) is 21.3 Å². The second kappa shape index (κ2) is 6.75. The van der Waals surface area contributed by atoms with Gasteiger partial charge in [0, 0.05) is 28.7 Å². The number of hydrogen-bond donors (Lipinski definition) is 1. The van der Waals surface area contributed by atoms with Crippen molar-refractivity contribution in [2.75, 3.05) is 19.7 Å². The first-order valence-corrected chi connectivity index (χ1v) is 11.1. The van der Waals surface area contributed by atoms with Gasteiger partial charge < -0.3 is 10.5 Å². The van der Waals surface area contributed by atoms with Crippen molar-refractivity contribution in [3.8, 4) is 0 Å². The van der Waals surface area contributed by atoms with Crippen LogP contribution in [0.4, 0.5) is 0 Å². The van der Waals surface area contributed by atoms with Gasteiger partial charge in [0.05, 0.1) is 22.5 Å². The topological polar surface area (TPSA) is 89.7 Å². The first-order chi connectivity index (χ1) is 12.5. The van der Waals surface area contributed by atoms with E-state index in [0.717, 1.165) is 10.1 Å². The molecule has 0 unspecified atom stereocenters. The maximum absolute atomic E-state index is 12.8. The molecule has 1 saturated heterocycles. The van der Waals surface area contributed by atoms with Crippen molar-refractivity contribution in [3.05, 3.63) is 51.5 Å². The summed E-state index contributed by atoms with van der Waals surface area (Å²) in [6, 6.07) is 9.19. The van der Waals surface area contributed by atoms with Crippen LogP contribution >= 0.6 is 22.7 Å². The van der Waals surface area contributed by atoms with Gasteiger partial charge in [-0.15, -0.1) is 11.3 Å². The first-order valence-electron chi connectivity index (χ1n) is 7.93. The molecule has 1 atom stereocenters. The van der Waals surface area contributed by atoms with Crippen LogP contribution in [-0.2, 0) is 14.8 Å². The maximum Gasteiger partial charge on any atom is 0.259 e. The largest absolute Gasteiger partial charge is 0.371 e. The Labute approximate surface area is 158 Å². The fraction of sp³-hybridized carbons (Fsp3) is 0.235. The van der Waals surface area contributed by atoms with Crippen molar-refractivity contribution < 1.29 is 17.9 Å². The van der Waals surface area contributed by atoms with Crippen LogP contribution in [0, 0.1) is 0 Å². The van der Waals surface area contributed by atoms with Gasteiger partial charge in [0.1, 0.15) is 0 Å². The average molecular weight is 409 g/mol. The third-order valence-corrected chi connectivity index (χ3v) is 8.24. The Morgan fingerprint density at radius 2 is 2.08 bits per heavy atom. The normalized spacial score (nSPS) is 19.0. The highest BCUT2D eigenvalue weighted by Gasteiger charge is 2.34. The van der Waals surface area contributed by atoms with Gasteiger partial charge in [0.2, 0.25) is 10.0 Å². The number of fused-ring (bicyclic) bond motifs is 1.